The number of hydrogen-bond donors (Lipinski definition) is 3. The van der Waals surface area contributed by atoms with E-state index in [2.05, 4.69) is 15.0 Å². The van der Waals surface area contributed by atoms with E-state index < -0.39 is 0 Å². The first-order valence-electron chi connectivity index (χ1n) is 5.42. The molecule has 2 aromatic heterocycles. The second-order valence-corrected chi connectivity index (χ2v) is 4.86. The van der Waals surface area contributed by atoms with Crippen LogP contribution in [0.25, 0.3) is 22.6 Å². The van der Waals surface area contributed by atoms with Crippen molar-refractivity contribution in [2.45, 2.75) is 0 Å². The molecule has 96 valence electrons. The van der Waals surface area contributed by atoms with Crippen LogP contribution in [0, 0.1) is 0 Å². The number of halogens is 2. The molecule has 0 radical (unpaired) electrons. The number of nitrogens with two attached hydrogens (primary N) is 2. The number of benzene rings is 1. The summed E-state index contributed by atoms with van der Waals surface area (Å²) in [6.45, 7) is 0. The van der Waals surface area contributed by atoms with Crippen LogP contribution in [0.2, 0.25) is 10.0 Å². The molecule has 3 aromatic rings. The normalized spacial score (nSPS) is 11.1. The van der Waals surface area contributed by atoms with Crippen LogP contribution in [0.3, 0.4) is 0 Å². The summed E-state index contributed by atoms with van der Waals surface area (Å²) in [5.41, 5.74) is 13.7. The van der Waals surface area contributed by atoms with Crippen LogP contribution in [0.15, 0.2) is 24.3 Å². The fraction of sp³-hybridized carbons (Fsp3) is 0. The second-order valence-electron chi connectivity index (χ2n) is 4.05. The molecule has 0 unspecified atom stereocenters. The van der Waals surface area contributed by atoms with Gasteiger partial charge in [0, 0.05) is 5.56 Å². The van der Waals surface area contributed by atoms with Crippen molar-refractivity contribution in [1.82, 2.24) is 15.0 Å². The molecule has 5 nitrogen and oxygen atoms in total. The molecule has 2 heterocycles. The van der Waals surface area contributed by atoms with Crippen LogP contribution in [0.4, 0.5) is 11.5 Å². The molecule has 0 atom stereocenters. The Balaban J connectivity index is 2.19. The van der Waals surface area contributed by atoms with E-state index in [1.807, 2.05) is 6.07 Å². The van der Waals surface area contributed by atoms with E-state index in [9.17, 15) is 0 Å². The second kappa shape index (κ2) is 4.29. The zero-order valence-electron chi connectivity index (χ0n) is 9.61. The summed E-state index contributed by atoms with van der Waals surface area (Å²) in [6.07, 6.45) is 0. The fourth-order valence-electron chi connectivity index (χ4n) is 1.76. The largest absolute Gasteiger partial charge is 0.396 e. The molecular weight excluding hydrogens is 285 g/mol. The van der Waals surface area contributed by atoms with Gasteiger partial charge in [-0.15, -0.1) is 0 Å². The topological polar surface area (TPSA) is 93.6 Å². The minimum absolute atomic E-state index is 0.352. The Hall–Kier alpha value is -1.98. The zero-order chi connectivity index (χ0) is 13.6. The van der Waals surface area contributed by atoms with Gasteiger partial charge >= 0.3 is 0 Å². The number of rotatable bonds is 1. The van der Waals surface area contributed by atoms with Gasteiger partial charge in [0.15, 0.2) is 5.65 Å². The van der Waals surface area contributed by atoms with Crippen LogP contribution < -0.4 is 11.5 Å². The van der Waals surface area contributed by atoms with E-state index in [-0.39, 0.29) is 0 Å². The molecule has 5 N–H and O–H groups in total. The van der Waals surface area contributed by atoms with Crippen molar-refractivity contribution in [2.24, 2.45) is 0 Å². The molecule has 0 saturated carbocycles. The van der Waals surface area contributed by atoms with E-state index in [0.717, 1.165) is 11.1 Å². The van der Waals surface area contributed by atoms with Crippen molar-refractivity contribution in [3.8, 4) is 11.4 Å². The van der Waals surface area contributed by atoms with Gasteiger partial charge in [-0.2, -0.15) is 0 Å². The molecular formula is C12H9Cl2N5. The van der Waals surface area contributed by atoms with Gasteiger partial charge in [-0.1, -0.05) is 23.2 Å². The maximum atomic E-state index is 6.01. The Morgan fingerprint density at radius 1 is 1.00 bits per heavy atom. The Labute approximate surface area is 118 Å². The average Bonchev–Trinajstić information content (AvgIpc) is 2.78. The monoisotopic (exact) mass is 293 g/mol. The van der Waals surface area contributed by atoms with E-state index >= 15 is 0 Å². The lowest BCUT2D eigenvalue weighted by atomic mass is 10.2. The molecule has 0 aliphatic rings. The Bertz CT molecular complexity index is 758. The Morgan fingerprint density at radius 2 is 1.68 bits per heavy atom. The Morgan fingerprint density at radius 3 is 2.37 bits per heavy atom. The first-order chi connectivity index (χ1) is 9.04. The van der Waals surface area contributed by atoms with Crippen molar-refractivity contribution >= 4 is 45.9 Å². The highest BCUT2D eigenvalue weighted by atomic mass is 35.5. The van der Waals surface area contributed by atoms with Crippen molar-refractivity contribution in [3.05, 3.63) is 34.3 Å². The third kappa shape index (κ3) is 2.07. The molecule has 0 aliphatic heterocycles. The number of imidazole rings is 1. The van der Waals surface area contributed by atoms with E-state index in [0.29, 0.717) is 33.0 Å². The van der Waals surface area contributed by atoms with Crippen molar-refractivity contribution in [2.75, 3.05) is 11.5 Å². The van der Waals surface area contributed by atoms with Crippen LogP contribution in [-0.4, -0.2) is 15.0 Å². The van der Waals surface area contributed by atoms with Crippen LogP contribution in [-0.2, 0) is 0 Å². The third-order valence-corrected chi connectivity index (χ3v) is 3.35. The maximum absolute atomic E-state index is 6.01. The number of nitrogens with zero attached hydrogens (tertiary/aromatic N) is 2. The molecule has 0 spiro atoms. The molecule has 0 fully saturated rings. The van der Waals surface area contributed by atoms with Gasteiger partial charge in [0.25, 0.3) is 0 Å². The predicted octanol–water partition coefficient (Wildman–Crippen LogP) is 3.10. The number of hydrogen-bond acceptors (Lipinski definition) is 4. The van der Waals surface area contributed by atoms with Gasteiger partial charge in [0.2, 0.25) is 0 Å². The minimum Gasteiger partial charge on any atom is -0.396 e. The van der Waals surface area contributed by atoms with Crippen molar-refractivity contribution < 1.29 is 0 Å². The van der Waals surface area contributed by atoms with Crippen molar-refractivity contribution in [1.29, 1.82) is 0 Å². The number of anilines is 2. The summed E-state index contributed by atoms with van der Waals surface area (Å²) < 4.78 is 0. The fourth-order valence-corrected chi connectivity index (χ4v) is 2.25. The molecule has 0 amide bonds. The predicted molar refractivity (Wildman–Crippen MR) is 78.2 cm³/mol. The van der Waals surface area contributed by atoms with Gasteiger partial charge in [0.1, 0.15) is 11.6 Å². The lowest BCUT2D eigenvalue weighted by Crippen LogP contribution is -1.90. The highest BCUT2D eigenvalue weighted by molar-refractivity contribution is 6.39. The summed E-state index contributed by atoms with van der Waals surface area (Å²) in [6, 6.07) is 6.91. The summed E-state index contributed by atoms with van der Waals surface area (Å²) in [5, 5.41) is 0.769. The number of pyridine rings is 1. The third-order valence-electron chi connectivity index (χ3n) is 2.72. The molecule has 3 rings (SSSR count). The molecule has 0 aliphatic carbocycles. The molecule has 19 heavy (non-hydrogen) atoms. The standard InChI is InChI=1S/C12H9Cl2N5/c13-6-3-5(4-7(14)10(6)16)11-17-8-1-2-9(15)18-12(8)19-11/h1-4H,16H2,(H3,15,17,18,19). The first kappa shape index (κ1) is 12.1. The highest BCUT2D eigenvalue weighted by Gasteiger charge is 2.10. The first-order valence-corrected chi connectivity index (χ1v) is 6.17. The summed E-state index contributed by atoms with van der Waals surface area (Å²) >= 11 is 12.0. The lowest BCUT2D eigenvalue weighted by molar-refractivity contribution is 1.30. The average molecular weight is 294 g/mol. The number of aromatic nitrogens is 3. The highest BCUT2D eigenvalue weighted by Crippen LogP contribution is 2.33. The van der Waals surface area contributed by atoms with E-state index in [4.69, 9.17) is 34.7 Å². The lowest BCUT2D eigenvalue weighted by Gasteiger charge is -2.03. The molecule has 7 heteroatoms. The zero-order valence-corrected chi connectivity index (χ0v) is 11.1. The van der Waals surface area contributed by atoms with Gasteiger partial charge in [-0.25, -0.2) is 9.97 Å². The maximum Gasteiger partial charge on any atom is 0.180 e. The SMILES string of the molecule is Nc1ccc2[nH]c(-c3cc(Cl)c(N)c(Cl)c3)nc2n1. The van der Waals surface area contributed by atoms with Gasteiger partial charge in [-0.05, 0) is 24.3 Å². The summed E-state index contributed by atoms with van der Waals surface area (Å²) in [4.78, 5) is 11.6. The number of nitrogens with one attached hydrogen (secondary N) is 1. The van der Waals surface area contributed by atoms with Gasteiger partial charge in [0.05, 0.1) is 21.2 Å². The molecule has 1 aromatic carbocycles. The van der Waals surface area contributed by atoms with Crippen LogP contribution in [0.1, 0.15) is 0 Å². The summed E-state index contributed by atoms with van der Waals surface area (Å²) in [7, 11) is 0. The van der Waals surface area contributed by atoms with E-state index in [1.165, 1.54) is 0 Å². The van der Waals surface area contributed by atoms with E-state index in [1.54, 1.807) is 18.2 Å². The quantitative estimate of drug-likeness (QED) is 0.601. The minimum atomic E-state index is 0.352. The number of aromatic amines is 1. The van der Waals surface area contributed by atoms with Crippen molar-refractivity contribution in [3.63, 3.8) is 0 Å². The number of nitrogen functional groups attached to an aromatic ring is 2. The van der Waals surface area contributed by atoms with Gasteiger partial charge < -0.3 is 16.5 Å². The molecule has 0 bridgehead atoms. The number of H-pyrrole nitrogens is 1. The Kier molecular flexibility index (Phi) is 2.73. The number of fused-ring (bicyclic) bond motifs is 1. The van der Waals surface area contributed by atoms with Crippen LogP contribution >= 0.6 is 23.2 Å². The molecule has 0 saturated heterocycles. The van der Waals surface area contributed by atoms with Gasteiger partial charge in [-0.3, -0.25) is 0 Å². The van der Waals surface area contributed by atoms with Crippen LogP contribution in [0.5, 0.6) is 0 Å². The summed E-state index contributed by atoms with van der Waals surface area (Å²) in [5.74, 6) is 1.02. The smallest absolute Gasteiger partial charge is 0.180 e.